The van der Waals surface area contributed by atoms with E-state index in [0.717, 1.165) is 18.2 Å². The van der Waals surface area contributed by atoms with Gasteiger partial charge in [0.1, 0.15) is 17.4 Å². The predicted molar refractivity (Wildman–Crippen MR) is 41.8 cm³/mol. The molecular weight excluding hydrogens is 162 g/mol. The first-order valence-electron chi connectivity index (χ1n) is 3.46. The molecule has 0 atom stereocenters. The Labute approximate surface area is 69.3 Å². The largest absolute Gasteiger partial charge is 0.465 e. The lowest BCUT2D eigenvalue weighted by atomic mass is 10.3. The van der Waals surface area contributed by atoms with Crippen molar-refractivity contribution in [3.8, 4) is 5.75 Å². The van der Waals surface area contributed by atoms with Crippen molar-refractivity contribution in [2.45, 2.75) is 6.92 Å². The van der Waals surface area contributed by atoms with E-state index in [2.05, 4.69) is 0 Å². The summed E-state index contributed by atoms with van der Waals surface area (Å²) in [6.07, 6.45) is 2.98. The summed E-state index contributed by atoms with van der Waals surface area (Å²) < 4.78 is 29.9. The number of hydrogen-bond acceptors (Lipinski definition) is 1. The van der Waals surface area contributed by atoms with E-state index >= 15 is 0 Å². The summed E-state index contributed by atoms with van der Waals surface area (Å²) in [6, 6.07) is 3.02. The molecule has 3 heteroatoms. The molecule has 0 spiro atoms. The maximum Gasteiger partial charge on any atom is 0.132 e. The molecule has 0 unspecified atom stereocenters. The van der Waals surface area contributed by atoms with Crippen LogP contribution < -0.4 is 4.74 Å². The average molecular weight is 170 g/mol. The molecule has 0 aliphatic rings. The fraction of sp³-hybridized carbons (Fsp3) is 0.111. The summed E-state index contributed by atoms with van der Waals surface area (Å²) in [4.78, 5) is 0. The highest BCUT2D eigenvalue weighted by molar-refractivity contribution is 5.24. The number of allylic oxidation sites excluding steroid dienone is 1. The second kappa shape index (κ2) is 3.85. The molecule has 0 N–H and O–H groups in total. The highest BCUT2D eigenvalue weighted by Gasteiger charge is 1.99. The number of ether oxygens (including phenoxy) is 1. The Kier molecular flexibility index (Phi) is 2.80. The van der Waals surface area contributed by atoms with Crippen molar-refractivity contribution in [2.75, 3.05) is 0 Å². The summed E-state index contributed by atoms with van der Waals surface area (Å²) in [7, 11) is 0. The van der Waals surface area contributed by atoms with Gasteiger partial charge in [-0.15, -0.1) is 0 Å². The van der Waals surface area contributed by atoms with Gasteiger partial charge in [0.15, 0.2) is 0 Å². The minimum Gasteiger partial charge on any atom is -0.465 e. The molecule has 1 aromatic rings. The van der Waals surface area contributed by atoms with Crippen LogP contribution in [-0.4, -0.2) is 0 Å². The zero-order valence-electron chi connectivity index (χ0n) is 6.55. The third-order valence-electron chi connectivity index (χ3n) is 1.18. The van der Waals surface area contributed by atoms with E-state index in [1.54, 1.807) is 13.0 Å². The van der Waals surface area contributed by atoms with Crippen LogP contribution in [0.25, 0.3) is 0 Å². The topological polar surface area (TPSA) is 9.23 Å². The Morgan fingerprint density at radius 1 is 1.17 bits per heavy atom. The molecule has 0 bridgehead atoms. The highest BCUT2D eigenvalue weighted by Crippen LogP contribution is 2.15. The summed E-state index contributed by atoms with van der Waals surface area (Å²) >= 11 is 0. The fourth-order valence-corrected chi connectivity index (χ4v) is 0.743. The minimum atomic E-state index is -0.644. The summed E-state index contributed by atoms with van der Waals surface area (Å²) in [6.45, 7) is 1.75. The van der Waals surface area contributed by atoms with E-state index in [0.29, 0.717) is 0 Å². The standard InChI is InChI=1S/C9H8F2O/c1-2-3-12-9-5-7(10)4-8(11)6-9/h2-6H,1H3/b3-2-. The van der Waals surface area contributed by atoms with Crippen LogP contribution in [0.3, 0.4) is 0 Å². The van der Waals surface area contributed by atoms with Crippen LogP contribution in [0, 0.1) is 11.6 Å². The molecular formula is C9H8F2O. The van der Waals surface area contributed by atoms with Gasteiger partial charge >= 0.3 is 0 Å². The summed E-state index contributed by atoms with van der Waals surface area (Å²) in [5.41, 5.74) is 0. The van der Waals surface area contributed by atoms with Gasteiger partial charge in [-0.25, -0.2) is 8.78 Å². The van der Waals surface area contributed by atoms with Crippen LogP contribution in [0.2, 0.25) is 0 Å². The Morgan fingerprint density at radius 3 is 2.25 bits per heavy atom. The van der Waals surface area contributed by atoms with Crippen molar-refractivity contribution in [1.29, 1.82) is 0 Å². The normalized spacial score (nSPS) is 10.6. The first kappa shape index (κ1) is 8.71. The van der Waals surface area contributed by atoms with E-state index < -0.39 is 11.6 Å². The molecule has 0 aliphatic heterocycles. The van der Waals surface area contributed by atoms with Crippen LogP contribution in [0.4, 0.5) is 8.78 Å². The van der Waals surface area contributed by atoms with E-state index in [9.17, 15) is 8.78 Å². The lowest BCUT2D eigenvalue weighted by Gasteiger charge is -1.99. The molecule has 0 aliphatic carbocycles. The zero-order valence-corrected chi connectivity index (χ0v) is 6.55. The number of benzene rings is 1. The Hall–Kier alpha value is -1.38. The predicted octanol–water partition coefficient (Wildman–Crippen LogP) is 2.88. The summed E-state index contributed by atoms with van der Waals surface area (Å²) in [5, 5.41) is 0. The molecule has 12 heavy (non-hydrogen) atoms. The molecule has 0 fully saturated rings. The first-order chi connectivity index (χ1) is 5.72. The van der Waals surface area contributed by atoms with Crippen LogP contribution in [0.1, 0.15) is 6.92 Å². The lowest BCUT2D eigenvalue weighted by molar-refractivity contribution is 0.466. The van der Waals surface area contributed by atoms with Gasteiger partial charge in [0, 0.05) is 18.2 Å². The summed E-state index contributed by atoms with van der Waals surface area (Å²) in [5.74, 6) is -1.13. The average Bonchev–Trinajstić information content (AvgIpc) is 1.99. The smallest absolute Gasteiger partial charge is 0.132 e. The maximum absolute atomic E-state index is 12.5. The fourth-order valence-electron chi connectivity index (χ4n) is 0.743. The Bertz CT molecular complexity index is 274. The van der Waals surface area contributed by atoms with Crippen molar-refractivity contribution in [3.63, 3.8) is 0 Å². The molecule has 0 heterocycles. The van der Waals surface area contributed by atoms with Gasteiger partial charge in [0.05, 0.1) is 6.26 Å². The van der Waals surface area contributed by atoms with Crippen molar-refractivity contribution < 1.29 is 13.5 Å². The molecule has 1 nitrogen and oxygen atoms in total. The quantitative estimate of drug-likeness (QED) is 0.620. The zero-order chi connectivity index (χ0) is 8.97. The molecule has 0 saturated heterocycles. The van der Waals surface area contributed by atoms with Crippen LogP contribution in [-0.2, 0) is 0 Å². The Balaban J connectivity index is 2.85. The van der Waals surface area contributed by atoms with Gasteiger partial charge in [0.2, 0.25) is 0 Å². The van der Waals surface area contributed by atoms with Gasteiger partial charge < -0.3 is 4.74 Å². The monoisotopic (exact) mass is 170 g/mol. The third-order valence-corrected chi connectivity index (χ3v) is 1.18. The van der Waals surface area contributed by atoms with E-state index in [-0.39, 0.29) is 5.75 Å². The van der Waals surface area contributed by atoms with E-state index in [1.807, 2.05) is 0 Å². The van der Waals surface area contributed by atoms with Crippen molar-refractivity contribution in [2.24, 2.45) is 0 Å². The van der Waals surface area contributed by atoms with Crippen molar-refractivity contribution in [3.05, 3.63) is 42.2 Å². The number of rotatable bonds is 2. The maximum atomic E-state index is 12.5. The van der Waals surface area contributed by atoms with Gasteiger partial charge in [-0.2, -0.15) is 0 Å². The van der Waals surface area contributed by atoms with Crippen LogP contribution in [0.5, 0.6) is 5.75 Å². The van der Waals surface area contributed by atoms with E-state index in [4.69, 9.17) is 4.74 Å². The van der Waals surface area contributed by atoms with Gasteiger partial charge in [0.25, 0.3) is 0 Å². The molecule has 0 aromatic heterocycles. The van der Waals surface area contributed by atoms with E-state index in [1.165, 1.54) is 6.26 Å². The van der Waals surface area contributed by atoms with Crippen molar-refractivity contribution in [1.82, 2.24) is 0 Å². The van der Waals surface area contributed by atoms with Gasteiger partial charge in [-0.05, 0) is 6.92 Å². The van der Waals surface area contributed by atoms with Crippen LogP contribution >= 0.6 is 0 Å². The highest BCUT2D eigenvalue weighted by atomic mass is 19.1. The molecule has 1 rings (SSSR count). The Morgan fingerprint density at radius 2 is 1.75 bits per heavy atom. The van der Waals surface area contributed by atoms with Gasteiger partial charge in [-0.3, -0.25) is 0 Å². The molecule has 64 valence electrons. The van der Waals surface area contributed by atoms with Crippen LogP contribution in [0.15, 0.2) is 30.5 Å². The lowest BCUT2D eigenvalue weighted by Crippen LogP contribution is -1.85. The SMILES string of the molecule is C/C=C\Oc1cc(F)cc(F)c1. The first-order valence-corrected chi connectivity index (χ1v) is 3.46. The van der Waals surface area contributed by atoms with Crippen molar-refractivity contribution >= 4 is 0 Å². The van der Waals surface area contributed by atoms with Gasteiger partial charge in [-0.1, -0.05) is 6.08 Å². The molecule has 1 aromatic carbocycles. The number of halogens is 2. The molecule has 0 radical (unpaired) electrons. The second-order valence-corrected chi connectivity index (χ2v) is 2.19. The molecule has 0 amide bonds. The number of hydrogen-bond donors (Lipinski definition) is 0. The minimum absolute atomic E-state index is 0.158. The second-order valence-electron chi connectivity index (χ2n) is 2.19. The third kappa shape index (κ3) is 2.34. The molecule has 0 saturated carbocycles.